The van der Waals surface area contributed by atoms with Gasteiger partial charge in [0.25, 0.3) is 0 Å². The quantitative estimate of drug-likeness (QED) is 0.906. The highest BCUT2D eigenvalue weighted by Gasteiger charge is 2.23. The minimum atomic E-state index is -0.193. The molecule has 1 saturated heterocycles. The van der Waals surface area contributed by atoms with E-state index in [0.29, 0.717) is 18.6 Å². The van der Waals surface area contributed by atoms with Gasteiger partial charge in [-0.1, -0.05) is 44.2 Å². The summed E-state index contributed by atoms with van der Waals surface area (Å²) in [6, 6.07) is 10.3. The Morgan fingerprint density at radius 3 is 2.57 bits per heavy atom. The highest BCUT2D eigenvalue weighted by atomic mass is 16.6. The number of carbonyl (C=O) groups excluding carboxylic acids is 1. The van der Waals surface area contributed by atoms with E-state index in [1.165, 1.54) is 0 Å². The van der Waals surface area contributed by atoms with Crippen LogP contribution in [0.25, 0.3) is 0 Å². The largest absolute Gasteiger partial charge is 0.445 e. The van der Waals surface area contributed by atoms with E-state index in [2.05, 4.69) is 19.2 Å². The van der Waals surface area contributed by atoms with Crippen LogP contribution in [0.5, 0.6) is 0 Å². The van der Waals surface area contributed by atoms with Gasteiger partial charge in [-0.15, -0.1) is 0 Å². The number of hydrogen-bond acceptors (Lipinski definition) is 3. The molecular weight excluding hydrogens is 264 g/mol. The second kappa shape index (κ2) is 8.03. The Labute approximate surface area is 127 Å². The van der Waals surface area contributed by atoms with Crippen molar-refractivity contribution >= 4 is 6.09 Å². The Morgan fingerprint density at radius 1 is 1.29 bits per heavy atom. The van der Waals surface area contributed by atoms with Gasteiger partial charge in [0.1, 0.15) is 6.61 Å². The van der Waals surface area contributed by atoms with Crippen LogP contribution in [0.3, 0.4) is 0 Å². The number of nitrogens with one attached hydrogen (secondary N) is 1. The summed E-state index contributed by atoms with van der Waals surface area (Å²) in [5, 5.41) is 3.56. The predicted molar refractivity (Wildman–Crippen MR) is 84.1 cm³/mol. The Hall–Kier alpha value is -1.55. The maximum absolute atomic E-state index is 12.0. The van der Waals surface area contributed by atoms with Crippen LogP contribution in [-0.4, -0.2) is 36.7 Å². The molecule has 1 amide bonds. The van der Waals surface area contributed by atoms with Gasteiger partial charge in [-0.2, -0.15) is 0 Å². The number of ether oxygens (including phenoxy) is 1. The molecule has 116 valence electrons. The van der Waals surface area contributed by atoms with Crippen molar-refractivity contribution in [1.82, 2.24) is 10.2 Å². The third-order valence-corrected chi connectivity index (χ3v) is 3.77. The predicted octanol–water partition coefficient (Wildman–Crippen LogP) is 3.03. The topological polar surface area (TPSA) is 41.6 Å². The molecule has 0 spiro atoms. The first-order chi connectivity index (χ1) is 10.1. The first kappa shape index (κ1) is 15.8. The van der Waals surface area contributed by atoms with Crippen LogP contribution in [0.1, 0.15) is 32.3 Å². The first-order valence-corrected chi connectivity index (χ1v) is 7.84. The maximum atomic E-state index is 12.0. The van der Waals surface area contributed by atoms with Crippen molar-refractivity contribution in [1.29, 1.82) is 0 Å². The van der Waals surface area contributed by atoms with Crippen molar-refractivity contribution in [3.63, 3.8) is 0 Å². The van der Waals surface area contributed by atoms with Gasteiger partial charge in [-0.3, -0.25) is 0 Å². The van der Waals surface area contributed by atoms with Gasteiger partial charge >= 0.3 is 6.09 Å². The molecule has 0 saturated carbocycles. The molecule has 1 aliphatic rings. The van der Waals surface area contributed by atoms with E-state index in [1.54, 1.807) is 0 Å². The van der Waals surface area contributed by atoms with Crippen LogP contribution in [0.2, 0.25) is 0 Å². The lowest BCUT2D eigenvalue weighted by Gasteiger charge is -2.32. The molecule has 0 radical (unpaired) electrons. The average Bonchev–Trinajstić information content (AvgIpc) is 2.52. The van der Waals surface area contributed by atoms with E-state index in [0.717, 1.165) is 38.0 Å². The Morgan fingerprint density at radius 2 is 1.95 bits per heavy atom. The molecule has 21 heavy (non-hydrogen) atoms. The number of piperidine rings is 1. The minimum Gasteiger partial charge on any atom is -0.445 e. The second-order valence-corrected chi connectivity index (χ2v) is 6.10. The SMILES string of the molecule is CC(C)CNC1CCN(C(=O)OCc2ccccc2)CC1. The molecule has 2 rings (SSSR count). The molecule has 1 aliphatic heterocycles. The summed E-state index contributed by atoms with van der Waals surface area (Å²) < 4.78 is 5.37. The smallest absolute Gasteiger partial charge is 0.410 e. The Kier molecular flexibility index (Phi) is 6.05. The third kappa shape index (κ3) is 5.38. The monoisotopic (exact) mass is 290 g/mol. The zero-order valence-corrected chi connectivity index (χ0v) is 13.0. The highest BCUT2D eigenvalue weighted by molar-refractivity contribution is 5.67. The van der Waals surface area contributed by atoms with E-state index in [1.807, 2.05) is 35.2 Å². The van der Waals surface area contributed by atoms with Crippen molar-refractivity contribution in [3.8, 4) is 0 Å². The standard InChI is InChI=1S/C17H26N2O2/c1-14(2)12-18-16-8-10-19(11-9-16)17(20)21-13-15-6-4-3-5-7-15/h3-7,14,16,18H,8-13H2,1-2H3. The van der Waals surface area contributed by atoms with Gasteiger partial charge in [0.2, 0.25) is 0 Å². The van der Waals surface area contributed by atoms with Crippen molar-refractivity contribution in [2.45, 2.75) is 39.3 Å². The average molecular weight is 290 g/mol. The summed E-state index contributed by atoms with van der Waals surface area (Å²) in [6.45, 7) is 7.38. The van der Waals surface area contributed by atoms with Crippen LogP contribution in [0, 0.1) is 5.92 Å². The zero-order chi connectivity index (χ0) is 15.1. The van der Waals surface area contributed by atoms with Gasteiger partial charge in [0.05, 0.1) is 0 Å². The number of nitrogens with zero attached hydrogens (tertiary/aromatic N) is 1. The summed E-state index contributed by atoms with van der Waals surface area (Å²) in [5.74, 6) is 0.666. The van der Waals surface area contributed by atoms with Crippen molar-refractivity contribution in [3.05, 3.63) is 35.9 Å². The van der Waals surface area contributed by atoms with Crippen LogP contribution < -0.4 is 5.32 Å². The number of likely N-dealkylation sites (tertiary alicyclic amines) is 1. The number of benzene rings is 1. The second-order valence-electron chi connectivity index (χ2n) is 6.10. The molecule has 1 aromatic carbocycles. The summed E-state index contributed by atoms with van der Waals surface area (Å²) in [7, 11) is 0. The lowest BCUT2D eigenvalue weighted by Crippen LogP contribution is -2.45. The van der Waals surface area contributed by atoms with Gasteiger partial charge in [-0.05, 0) is 30.9 Å². The summed E-state index contributed by atoms with van der Waals surface area (Å²) in [5.41, 5.74) is 1.03. The number of hydrogen-bond donors (Lipinski definition) is 1. The van der Waals surface area contributed by atoms with Crippen molar-refractivity contribution in [2.24, 2.45) is 5.92 Å². The fourth-order valence-electron chi connectivity index (χ4n) is 2.48. The number of amides is 1. The van der Waals surface area contributed by atoms with Gasteiger partial charge < -0.3 is 15.0 Å². The summed E-state index contributed by atoms with van der Waals surface area (Å²) in [4.78, 5) is 13.8. The summed E-state index contributed by atoms with van der Waals surface area (Å²) in [6.07, 6.45) is 1.82. The fourth-order valence-corrected chi connectivity index (χ4v) is 2.48. The molecule has 0 atom stereocenters. The molecular formula is C17H26N2O2. The minimum absolute atomic E-state index is 0.193. The van der Waals surface area contributed by atoms with Gasteiger partial charge in [0.15, 0.2) is 0 Å². The van der Waals surface area contributed by atoms with Gasteiger partial charge in [0, 0.05) is 19.1 Å². The molecule has 1 fully saturated rings. The molecule has 1 N–H and O–H groups in total. The zero-order valence-electron chi connectivity index (χ0n) is 13.0. The van der Waals surface area contributed by atoms with E-state index in [9.17, 15) is 4.79 Å². The Balaban J connectivity index is 1.68. The highest BCUT2D eigenvalue weighted by Crippen LogP contribution is 2.12. The lowest BCUT2D eigenvalue weighted by atomic mass is 10.0. The van der Waals surface area contributed by atoms with Crippen LogP contribution in [-0.2, 0) is 11.3 Å². The van der Waals surface area contributed by atoms with Crippen molar-refractivity contribution < 1.29 is 9.53 Å². The lowest BCUT2D eigenvalue weighted by molar-refractivity contribution is 0.0851. The Bertz CT molecular complexity index is 426. The molecule has 0 bridgehead atoms. The molecule has 0 unspecified atom stereocenters. The molecule has 4 nitrogen and oxygen atoms in total. The van der Waals surface area contributed by atoms with Crippen LogP contribution in [0.15, 0.2) is 30.3 Å². The molecule has 1 aromatic rings. The van der Waals surface area contributed by atoms with E-state index in [-0.39, 0.29) is 6.09 Å². The molecule has 4 heteroatoms. The maximum Gasteiger partial charge on any atom is 0.410 e. The molecule has 0 aromatic heterocycles. The van der Waals surface area contributed by atoms with E-state index >= 15 is 0 Å². The van der Waals surface area contributed by atoms with E-state index in [4.69, 9.17) is 4.74 Å². The molecule has 1 heterocycles. The summed E-state index contributed by atoms with van der Waals surface area (Å²) >= 11 is 0. The normalized spacial score (nSPS) is 16.2. The third-order valence-electron chi connectivity index (χ3n) is 3.77. The van der Waals surface area contributed by atoms with Crippen LogP contribution in [0.4, 0.5) is 4.79 Å². The number of carbonyl (C=O) groups is 1. The van der Waals surface area contributed by atoms with E-state index < -0.39 is 0 Å². The molecule has 0 aliphatic carbocycles. The van der Waals surface area contributed by atoms with Gasteiger partial charge in [-0.25, -0.2) is 4.79 Å². The van der Waals surface area contributed by atoms with Crippen LogP contribution >= 0.6 is 0 Å². The first-order valence-electron chi connectivity index (χ1n) is 7.84. The number of rotatable bonds is 5. The van der Waals surface area contributed by atoms with Crippen molar-refractivity contribution in [2.75, 3.05) is 19.6 Å². The fraction of sp³-hybridized carbons (Fsp3) is 0.588.